The third-order valence-electron chi connectivity index (χ3n) is 2.15. The minimum atomic E-state index is -0.500. The zero-order valence-corrected chi connectivity index (χ0v) is 9.50. The summed E-state index contributed by atoms with van der Waals surface area (Å²) in [6.45, 7) is 0. The second-order valence-corrected chi connectivity index (χ2v) is 3.83. The summed E-state index contributed by atoms with van der Waals surface area (Å²) in [5, 5.41) is 2.96. The number of nitrogens with one attached hydrogen (secondary N) is 1. The van der Waals surface area contributed by atoms with Gasteiger partial charge in [0, 0.05) is 5.69 Å². The van der Waals surface area contributed by atoms with E-state index in [1.54, 1.807) is 18.2 Å². The second-order valence-electron chi connectivity index (χ2n) is 3.42. The van der Waals surface area contributed by atoms with E-state index in [1.165, 1.54) is 12.1 Å². The highest BCUT2D eigenvalue weighted by atomic mass is 35.5. The number of nitrogens with two attached hydrogens (primary N) is 2. The summed E-state index contributed by atoms with van der Waals surface area (Å²) in [5.74, 6) is 0.211. The lowest BCUT2D eigenvalue weighted by molar-refractivity contribution is 0.629. The van der Waals surface area contributed by atoms with Crippen molar-refractivity contribution in [3.8, 4) is 0 Å². The van der Waals surface area contributed by atoms with Gasteiger partial charge in [-0.15, -0.1) is 0 Å². The molecule has 88 valence electrons. The van der Waals surface area contributed by atoms with Gasteiger partial charge in [-0.25, -0.2) is 9.37 Å². The minimum absolute atomic E-state index is 0.0697. The van der Waals surface area contributed by atoms with Crippen LogP contribution in [0.4, 0.5) is 27.4 Å². The van der Waals surface area contributed by atoms with Crippen LogP contribution in [-0.2, 0) is 0 Å². The van der Waals surface area contributed by atoms with Crippen molar-refractivity contribution < 1.29 is 4.39 Å². The van der Waals surface area contributed by atoms with Gasteiger partial charge in [0.25, 0.3) is 0 Å². The van der Waals surface area contributed by atoms with E-state index in [2.05, 4.69) is 10.3 Å². The molecule has 0 spiro atoms. The number of nitrogens with zero attached hydrogens (tertiary/aromatic N) is 1. The molecule has 6 heteroatoms. The normalized spacial score (nSPS) is 10.2. The topological polar surface area (TPSA) is 77.0 Å². The van der Waals surface area contributed by atoms with E-state index in [0.29, 0.717) is 17.2 Å². The first-order valence-corrected chi connectivity index (χ1v) is 5.18. The molecule has 0 amide bonds. The van der Waals surface area contributed by atoms with E-state index in [-0.39, 0.29) is 10.8 Å². The molecular formula is C11H10ClFN4. The van der Waals surface area contributed by atoms with Crippen LogP contribution in [0.15, 0.2) is 30.3 Å². The number of nitrogen functional groups attached to an aromatic ring is 2. The maximum absolute atomic E-state index is 13.2. The van der Waals surface area contributed by atoms with Crippen LogP contribution in [0.5, 0.6) is 0 Å². The van der Waals surface area contributed by atoms with Crippen LogP contribution in [0.3, 0.4) is 0 Å². The van der Waals surface area contributed by atoms with Crippen molar-refractivity contribution >= 4 is 34.6 Å². The average Bonchev–Trinajstić information content (AvgIpc) is 2.29. The zero-order chi connectivity index (χ0) is 12.4. The monoisotopic (exact) mass is 252 g/mol. The molecule has 0 aliphatic carbocycles. The number of hydrogen-bond donors (Lipinski definition) is 3. The van der Waals surface area contributed by atoms with Gasteiger partial charge in [0.1, 0.15) is 17.5 Å². The molecule has 1 aromatic heterocycles. The molecule has 4 nitrogen and oxygen atoms in total. The van der Waals surface area contributed by atoms with E-state index < -0.39 is 5.82 Å². The molecule has 0 saturated carbocycles. The summed E-state index contributed by atoms with van der Waals surface area (Å²) in [7, 11) is 0. The van der Waals surface area contributed by atoms with E-state index in [4.69, 9.17) is 23.1 Å². The van der Waals surface area contributed by atoms with Crippen LogP contribution >= 0.6 is 11.6 Å². The lowest BCUT2D eigenvalue weighted by Crippen LogP contribution is -2.01. The molecule has 0 radical (unpaired) electrons. The molecule has 1 heterocycles. The molecule has 0 aliphatic rings. The van der Waals surface area contributed by atoms with Crippen LogP contribution in [0.1, 0.15) is 0 Å². The third kappa shape index (κ3) is 2.57. The van der Waals surface area contributed by atoms with Gasteiger partial charge in [-0.3, -0.25) is 0 Å². The zero-order valence-electron chi connectivity index (χ0n) is 8.74. The maximum atomic E-state index is 13.2. The number of anilines is 4. The van der Waals surface area contributed by atoms with Gasteiger partial charge in [-0.05, 0) is 30.3 Å². The van der Waals surface area contributed by atoms with Crippen LogP contribution < -0.4 is 16.8 Å². The first kappa shape index (κ1) is 11.5. The molecule has 1 aromatic carbocycles. The predicted octanol–water partition coefficient (Wildman–Crippen LogP) is 2.78. The lowest BCUT2D eigenvalue weighted by atomic mass is 10.3. The Kier molecular flexibility index (Phi) is 3.01. The maximum Gasteiger partial charge on any atom is 0.149 e. The van der Waals surface area contributed by atoms with Gasteiger partial charge in [-0.1, -0.05) is 11.6 Å². The highest BCUT2D eigenvalue weighted by molar-refractivity contribution is 6.30. The Labute approximate surface area is 102 Å². The molecular weight excluding hydrogens is 243 g/mol. The molecule has 0 aliphatic heterocycles. The van der Waals surface area contributed by atoms with E-state index in [0.717, 1.165) is 0 Å². The van der Waals surface area contributed by atoms with Crippen molar-refractivity contribution in [1.82, 2.24) is 4.98 Å². The molecule has 0 atom stereocenters. The molecule has 0 unspecified atom stereocenters. The summed E-state index contributed by atoms with van der Waals surface area (Å²) in [4.78, 5) is 4.01. The molecule has 0 saturated heterocycles. The van der Waals surface area contributed by atoms with Crippen molar-refractivity contribution in [2.24, 2.45) is 0 Å². The Morgan fingerprint density at radius 3 is 2.59 bits per heavy atom. The van der Waals surface area contributed by atoms with Crippen molar-refractivity contribution in [2.45, 2.75) is 0 Å². The lowest BCUT2D eigenvalue weighted by Gasteiger charge is -2.07. The van der Waals surface area contributed by atoms with Crippen molar-refractivity contribution in [3.05, 3.63) is 41.2 Å². The van der Waals surface area contributed by atoms with Gasteiger partial charge in [0.15, 0.2) is 0 Å². The average molecular weight is 253 g/mol. The Bertz CT molecular complexity index is 510. The van der Waals surface area contributed by atoms with Crippen LogP contribution in [0.25, 0.3) is 0 Å². The van der Waals surface area contributed by atoms with Gasteiger partial charge in [-0.2, -0.15) is 0 Å². The quantitative estimate of drug-likeness (QED) is 0.768. The van der Waals surface area contributed by atoms with Crippen molar-refractivity contribution in [1.29, 1.82) is 0 Å². The summed E-state index contributed by atoms with van der Waals surface area (Å²) < 4.78 is 13.2. The van der Waals surface area contributed by atoms with Gasteiger partial charge in [0.2, 0.25) is 0 Å². The molecule has 0 fully saturated rings. The molecule has 2 rings (SSSR count). The summed E-state index contributed by atoms with van der Waals surface area (Å²) in [5.41, 5.74) is 12.0. The van der Waals surface area contributed by atoms with Crippen LogP contribution in [-0.4, -0.2) is 4.98 Å². The first-order valence-electron chi connectivity index (χ1n) is 4.80. The molecule has 0 bridgehead atoms. The standard InChI is InChI=1S/C11H10ClFN4/c12-7-2-1-6(5-8(7)13)16-10-4-3-9(14)11(15)17-10/h1-5H,14H2,(H3,15,16,17). The molecule has 5 N–H and O–H groups in total. The van der Waals surface area contributed by atoms with Gasteiger partial charge in [0.05, 0.1) is 10.7 Å². The summed E-state index contributed by atoms with van der Waals surface area (Å²) in [6, 6.07) is 7.64. The largest absolute Gasteiger partial charge is 0.396 e. The van der Waals surface area contributed by atoms with Crippen LogP contribution in [0, 0.1) is 5.82 Å². The van der Waals surface area contributed by atoms with Crippen LogP contribution in [0.2, 0.25) is 5.02 Å². The van der Waals surface area contributed by atoms with E-state index in [1.807, 2.05) is 0 Å². The number of benzene rings is 1. The summed E-state index contributed by atoms with van der Waals surface area (Å²) in [6.07, 6.45) is 0. The second kappa shape index (κ2) is 4.47. The smallest absolute Gasteiger partial charge is 0.149 e. The van der Waals surface area contributed by atoms with E-state index >= 15 is 0 Å². The number of pyridine rings is 1. The Morgan fingerprint density at radius 1 is 1.18 bits per heavy atom. The fourth-order valence-electron chi connectivity index (χ4n) is 1.28. The SMILES string of the molecule is Nc1ccc(Nc2ccc(Cl)c(F)c2)nc1N. The van der Waals surface area contributed by atoms with Gasteiger partial charge >= 0.3 is 0 Å². The fraction of sp³-hybridized carbons (Fsp3) is 0. The minimum Gasteiger partial charge on any atom is -0.396 e. The highest BCUT2D eigenvalue weighted by Crippen LogP contribution is 2.22. The first-order chi connectivity index (χ1) is 8.06. The third-order valence-corrected chi connectivity index (χ3v) is 2.46. The summed E-state index contributed by atoms with van der Waals surface area (Å²) >= 11 is 5.57. The number of halogens is 2. The van der Waals surface area contributed by atoms with Crippen molar-refractivity contribution in [2.75, 3.05) is 16.8 Å². The molecule has 2 aromatic rings. The fourth-order valence-corrected chi connectivity index (χ4v) is 1.39. The number of rotatable bonds is 2. The Morgan fingerprint density at radius 2 is 1.94 bits per heavy atom. The number of hydrogen-bond acceptors (Lipinski definition) is 4. The molecule has 17 heavy (non-hydrogen) atoms. The Hall–Kier alpha value is -2.01. The van der Waals surface area contributed by atoms with Gasteiger partial charge < -0.3 is 16.8 Å². The number of aromatic nitrogens is 1. The predicted molar refractivity (Wildman–Crippen MR) is 67.8 cm³/mol. The Balaban J connectivity index is 2.25. The highest BCUT2D eigenvalue weighted by Gasteiger charge is 2.03. The van der Waals surface area contributed by atoms with Crippen molar-refractivity contribution in [3.63, 3.8) is 0 Å². The van der Waals surface area contributed by atoms with E-state index in [9.17, 15) is 4.39 Å².